The van der Waals surface area contributed by atoms with E-state index in [9.17, 15) is 27.6 Å². The third-order valence-electron chi connectivity index (χ3n) is 3.39. The lowest BCUT2D eigenvalue weighted by Gasteiger charge is -2.32. The van der Waals surface area contributed by atoms with E-state index in [-0.39, 0.29) is 11.5 Å². The van der Waals surface area contributed by atoms with Crippen LogP contribution in [0.2, 0.25) is 0 Å². The number of hydrogen-bond acceptors (Lipinski definition) is 4. The molecule has 0 aliphatic carbocycles. The van der Waals surface area contributed by atoms with Crippen LogP contribution in [0.5, 0.6) is 0 Å². The molecule has 1 aromatic carbocycles. The number of halogens is 3. The fourth-order valence-corrected chi connectivity index (χ4v) is 2.24. The van der Waals surface area contributed by atoms with Crippen molar-refractivity contribution in [3.05, 3.63) is 35.9 Å². The summed E-state index contributed by atoms with van der Waals surface area (Å²) in [6.45, 7) is 6.07. The molecule has 0 spiro atoms. The Morgan fingerprint density at radius 3 is 2.19 bits per heavy atom. The van der Waals surface area contributed by atoms with E-state index in [1.54, 1.807) is 37.3 Å². The summed E-state index contributed by atoms with van der Waals surface area (Å²) in [4.78, 5) is 40.9. The van der Waals surface area contributed by atoms with Crippen LogP contribution < -0.4 is 5.32 Å². The van der Waals surface area contributed by atoms with E-state index in [0.29, 0.717) is 5.56 Å². The van der Waals surface area contributed by atoms with E-state index in [1.807, 2.05) is 0 Å². The second-order valence-electron chi connectivity index (χ2n) is 6.97. The molecule has 0 bridgehead atoms. The number of hydroxylamine groups is 2. The highest BCUT2D eigenvalue weighted by Crippen LogP contribution is 2.26. The summed E-state index contributed by atoms with van der Waals surface area (Å²) >= 11 is 0. The zero-order valence-electron chi connectivity index (χ0n) is 15.5. The Morgan fingerprint density at radius 1 is 1.19 bits per heavy atom. The van der Waals surface area contributed by atoms with Crippen LogP contribution in [0.3, 0.4) is 0 Å². The molecule has 1 aromatic rings. The molecule has 0 radical (unpaired) electrons. The van der Waals surface area contributed by atoms with Crippen molar-refractivity contribution in [2.45, 2.75) is 58.0 Å². The van der Waals surface area contributed by atoms with Crippen LogP contribution in [0.1, 0.15) is 45.7 Å². The Hall–Kier alpha value is -2.42. The van der Waals surface area contributed by atoms with Crippen LogP contribution in [0.4, 0.5) is 13.2 Å². The minimum atomic E-state index is -4.78. The number of nitrogens with zero attached hydrogens (tertiary/aromatic N) is 1. The average Bonchev–Trinajstić information content (AvgIpc) is 2.56. The maximum absolute atomic E-state index is 12.9. The summed E-state index contributed by atoms with van der Waals surface area (Å²) in [5.74, 6) is -2.64. The van der Waals surface area contributed by atoms with Gasteiger partial charge in [0.25, 0.3) is 5.91 Å². The van der Waals surface area contributed by atoms with Gasteiger partial charge in [0.15, 0.2) is 0 Å². The van der Waals surface area contributed by atoms with E-state index >= 15 is 0 Å². The molecule has 6 nitrogen and oxygen atoms in total. The number of alkyl halides is 3. The zero-order valence-corrected chi connectivity index (χ0v) is 15.5. The number of Topliss-reactive ketones (excluding diaryl/α,β-unsaturated/α-hetero) is 1. The van der Waals surface area contributed by atoms with Crippen LogP contribution in [-0.4, -0.2) is 41.0 Å². The van der Waals surface area contributed by atoms with Crippen molar-refractivity contribution < 1.29 is 32.4 Å². The van der Waals surface area contributed by atoms with E-state index in [4.69, 9.17) is 4.84 Å². The van der Waals surface area contributed by atoms with Gasteiger partial charge in [-0.2, -0.15) is 13.2 Å². The molecule has 9 heteroatoms. The largest absolute Gasteiger partial charge is 0.391 e. The SMILES string of the molecule is C[C@H](NC(=O)C(=O)[C@H](CC(F)(F)F)N(C=O)OC(C)(C)C)c1ccccc1. The molecule has 1 N–H and O–H groups in total. The van der Waals surface area contributed by atoms with Gasteiger partial charge >= 0.3 is 6.18 Å². The highest BCUT2D eigenvalue weighted by molar-refractivity contribution is 6.38. The topological polar surface area (TPSA) is 75.7 Å². The molecule has 1 rings (SSSR count). The maximum Gasteiger partial charge on any atom is 0.391 e. The van der Waals surface area contributed by atoms with Crippen molar-refractivity contribution in [1.82, 2.24) is 10.4 Å². The minimum absolute atomic E-state index is 0.0343. The quantitative estimate of drug-likeness (QED) is 0.422. The molecule has 150 valence electrons. The highest BCUT2D eigenvalue weighted by Gasteiger charge is 2.42. The fraction of sp³-hybridized carbons (Fsp3) is 0.500. The van der Waals surface area contributed by atoms with Crippen LogP contribution in [-0.2, 0) is 19.2 Å². The molecule has 0 saturated carbocycles. The van der Waals surface area contributed by atoms with Crippen molar-refractivity contribution in [3.63, 3.8) is 0 Å². The Bertz CT molecular complexity index is 657. The number of amides is 2. The Labute approximate surface area is 155 Å². The van der Waals surface area contributed by atoms with E-state index < -0.39 is 42.0 Å². The lowest BCUT2D eigenvalue weighted by Crippen LogP contribution is -2.51. The van der Waals surface area contributed by atoms with Crippen LogP contribution in [0.25, 0.3) is 0 Å². The lowest BCUT2D eigenvalue weighted by atomic mass is 10.1. The summed E-state index contributed by atoms with van der Waals surface area (Å²) in [5, 5.41) is 2.60. The number of rotatable bonds is 8. The first-order valence-corrected chi connectivity index (χ1v) is 8.23. The standard InChI is InChI=1S/C18H23F3N2O4/c1-12(13-8-6-5-7-9-13)22-16(26)15(25)14(10-18(19,20)21)23(11-24)27-17(2,3)4/h5-9,11-12,14H,10H2,1-4H3,(H,22,26)/t12-,14-/m0/s1. The molecule has 2 atom stereocenters. The molecular weight excluding hydrogens is 365 g/mol. The Kier molecular flexibility index (Phi) is 7.53. The minimum Gasteiger partial charge on any atom is -0.343 e. The summed E-state index contributed by atoms with van der Waals surface area (Å²) in [7, 11) is 0. The third-order valence-corrected chi connectivity index (χ3v) is 3.39. The molecule has 0 heterocycles. The van der Waals surface area contributed by atoms with Gasteiger partial charge in [0, 0.05) is 0 Å². The van der Waals surface area contributed by atoms with Gasteiger partial charge in [-0.05, 0) is 33.3 Å². The molecule has 2 amide bonds. The normalized spacial score (nSPS) is 14.2. The molecule has 0 unspecified atom stereocenters. The molecule has 0 aromatic heterocycles. The number of nitrogens with one attached hydrogen (secondary N) is 1. The lowest BCUT2D eigenvalue weighted by molar-refractivity contribution is -0.244. The third kappa shape index (κ3) is 7.78. The van der Waals surface area contributed by atoms with E-state index in [1.165, 1.54) is 20.8 Å². The van der Waals surface area contributed by atoms with Crippen molar-refractivity contribution >= 4 is 18.1 Å². The van der Waals surface area contributed by atoms with Gasteiger partial charge in [0.2, 0.25) is 12.2 Å². The van der Waals surface area contributed by atoms with Crippen LogP contribution in [0, 0.1) is 0 Å². The number of carbonyl (C=O) groups is 3. The van der Waals surface area contributed by atoms with Crippen molar-refractivity contribution in [2.75, 3.05) is 0 Å². The first kappa shape index (κ1) is 22.6. The predicted octanol–water partition coefficient (Wildman–Crippen LogP) is 2.94. The molecule has 0 aliphatic rings. The summed E-state index contributed by atoms with van der Waals surface area (Å²) < 4.78 is 38.7. The molecule has 0 saturated heterocycles. The van der Waals surface area contributed by atoms with Crippen LogP contribution in [0.15, 0.2) is 30.3 Å². The van der Waals surface area contributed by atoms with Gasteiger partial charge in [-0.15, -0.1) is 0 Å². The molecule has 0 aliphatic heterocycles. The summed E-state index contributed by atoms with van der Waals surface area (Å²) in [6.07, 6.45) is -6.52. The number of hydrogen-bond donors (Lipinski definition) is 1. The Balaban J connectivity index is 3.00. The van der Waals surface area contributed by atoms with E-state index in [2.05, 4.69) is 5.32 Å². The fourth-order valence-electron chi connectivity index (χ4n) is 2.24. The predicted molar refractivity (Wildman–Crippen MR) is 91.2 cm³/mol. The summed E-state index contributed by atoms with van der Waals surface area (Å²) in [6, 6.07) is 5.86. The van der Waals surface area contributed by atoms with Gasteiger partial charge in [-0.3, -0.25) is 19.2 Å². The van der Waals surface area contributed by atoms with Crippen molar-refractivity contribution in [1.29, 1.82) is 0 Å². The molecule has 0 fully saturated rings. The zero-order chi connectivity index (χ0) is 20.8. The second-order valence-corrected chi connectivity index (χ2v) is 6.97. The number of benzene rings is 1. The van der Waals surface area contributed by atoms with Gasteiger partial charge in [0.05, 0.1) is 18.1 Å². The highest BCUT2D eigenvalue weighted by atomic mass is 19.4. The molecular formula is C18H23F3N2O4. The first-order chi connectivity index (χ1) is 12.3. The van der Waals surface area contributed by atoms with Gasteiger partial charge < -0.3 is 5.32 Å². The summed E-state index contributed by atoms with van der Waals surface area (Å²) in [5.41, 5.74) is -0.372. The van der Waals surface area contributed by atoms with Gasteiger partial charge in [-0.25, -0.2) is 5.06 Å². The van der Waals surface area contributed by atoms with Crippen LogP contribution >= 0.6 is 0 Å². The van der Waals surface area contributed by atoms with Gasteiger partial charge in [0.1, 0.15) is 6.04 Å². The van der Waals surface area contributed by atoms with E-state index in [0.717, 1.165) is 0 Å². The first-order valence-electron chi connectivity index (χ1n) is 8.23. The number of ketones is 1. The van der Waals surface area contributed by atoms with Crippen molar-refractivity contribution in [3.8, 4) is 0 Å². The second kappa shape index (κ2) is 8.98. The van der Waals surface area contributed by atoms with Crippen molar-refractivity contribution in [2.24, 2.45) is 0 Å². The average molecular weight is 388 g/mol. The monoisotopic (exact) mass is 388 g/mol. The maximum atomic E-state index is 12.9. The Morgan fingerprint density at radius 2 is 1.74 bits per heavy atom. The van der Waals surface area contributed by atoms with Gasteiger partial charge in [-0.1, -0.05) is 30.3 Å². The smallest absolute Gasteiger partial charge is 0.343 e. The number of carbonyl (C=O) groups excluding carboxylic acids is 3. The molecule has 27 heavy (non-hydrogen) atoms.